The number of hydrogen-bond donors (Lipinski definition) is 1. The number of hydrogen-bond acceptors (Lipinski definition) is 5. The number of methoxy groups -OCH3 is 2. The number of sulfone groups is 1. The van der Waals surface area contributed by atoms with Gasteiger partial charge in [0, 0.05) is 17.9 Å². The number of rotatable bonds is 4. The van der Waals surface area contributed by atoms with Gasteiger partial charge in [0.15, 0.2) is 21.3 Å². The average Bonchev–Trinajstić information content (AvgIpc) is 2.24. The fourth-order valence-electron chi connectivity index (χ4n) is 1.67. The van der Waals surface area contributed by atoms with Gasteiger partial charge in [-0.1, -0.05) is 0 Å². The van der Waals surface area contributed by atoms with Gasteiger partial charge in [-0.15, -0.1) is 0 Å². The third kappa shape index (κ3) is 2.94. The Kier molecular flexibility index (Phi) is 3.92. The van der Waals surface area contributed by atoms with Crippen LogP contribution in [0.5, 0.6) is 11.5 Å². The van der Waals surface area contributed by atoms with Crippen molar-refractivity contribution in [2.75, 3.05) is 20.5 Å². The summed E-state index contributed by atoms with van der Waals surface area (Å²) in [6.45, 7) is 3.48. The van der Waals surface area contributed by atoms with Gasteiger partial charge in [-0.2, -0.15) is 0 Å². The lowest BCUT2D eigenvalue weighted by Gasteiger charge is -2.23. The lowest BCUT2D eigenvalue weighted by atomic mass is 9.95. The molecule has 0 radical (unpaired) electrons. The second-order valence-electron chi connectivity index (χ2n) is 4.70. The Morgan fingerprint density at radius 1 is 1.11 bits per heavy atom. The largest absolute Gasteiger partial charge is 0.493 e. The van der Waals surface area contributed by atoms with Gasteiger partial charge in [-0.25, -0.2) is 8.42 Å². The highest BCUT2D eigenvalue weighted by atomic mass is 32.2. The van der Waals surface area contributed by atoms with Crippen molar-refractivity contribution in [3.8, 4) is 11.5 Å². The minimum absolute atomic E-state index is 0.160. The van der Waals surface area contributed by atoms with Crippen LogP contribution in [0.1, 0.15) is 19.4 Å². The van der Waals surface area contributed by atoms with Gasteiger partial charge in [0.25, 0.3) is 0 Å². The third-order valence-electron chi connectivity index (χ3n) is 2.58. The summed E-state index contributed by atoms with van der Waals surface area (Å²) in [5.41, 5.74) is 5.72. The van der Waals surface area contributed by atoms with Crippen LogP contribution >= 0.6 is 0 Å². The van der Waals surface area contributed by atoms with Crippen molar-refractivity contribution >= 4 is 9.84 Å². The summed E-state index contributed by atoms with van der Waals surface area (Å²) in [5.74, 6) is 0.823. The van der Waals surface area contributed by atoms with E-state index >= 15 is 0 Å². The molecule has 1 aromatic rings. The van der Waals surface area contributed by atoms with Crippen molar-refractivity contribution in [2.24, 2.45) is 5.73 Å². The zero-order chi connectivity index (χ0) is 14.1. The van der Waals surface area contributed by atoms with Gasteiger partial charge < -0.3 is 15.2 Å². The lowest BCUT2D eigenvalue weighted by Crippen LogP contribution is -2.30. The Bertz CT molecular complexity index is 544. The first-order chi connectivity index (χ1) is 8.11. The Labute approximate surface area is 108 Å². The molecule has 0 fully saturated rings. The summed E-state index contributed by atoms with van der Waals surface area (Å²) in [5, 5.41) is 0. The molecule has 0 saturated carbocycles. The second kappa shape index (κ2) is 4.78. The maximum atomic E-state index is 11.8. The van der Waals surface area contributed by atoms with Gasteiger partial charge in [0.05, 0.1) is 19.1 Å². The summed E-state index contributed by atoms with van der Waals surface area (Å²) in [4.78, 5) is 0.160. The van der Waals surface area contributed by atoms with Crippen molar-refractivity contribution in [2.45, 2.75) is 24.3 Å². The molecule has 0 aromatic heterocycles. The summed E-state index contributed by atoms with van der Waals surface area (Å²) in [6.07, 6.45) is 1.14. The lowest BCUT2D eigenvalue weighted by molar-refractivity contribution is 0.351. The molecule has 2 N–H and O–H groups in total. The van der Waals surface area contributed by atoms with E-state index < -0.39 is 15.4 Å². The van der Waals surface area contributed by atoms with Crippen LogP contribution in [-0.4, -0.2) is 28.9 Å². The van der Waals surface area contributed by atoms with Gasteiger partial charge in [0.1, 0.15) is 0 Å². The maximum absolute atomic E-state index is 11.8. The molecule has 102 valence electrons. The smallest absolute Gasteiger partial charge is 0.176 e. The van der Waals surface area contributed by atoms with Gasteiger partial charge in [0.2, 0.25) is 0 Å². The van der Waals surface area contributed by atoms with Crippen LogP contribution < -0.4 is 15.2 Å². The van der Waals surface area contributed by atoms with E-state index in [0.29, 0.717) is 17.1 Å². The molecule has 1 aromatic carbocycles. The molecule has 0 aliphatic rings. The van der Waals surface area contributed by atoms with Crippen LogP contribution in [0.25, 0.3) is 0 Å². The van der Waals surface area contributed by atoms with Crippen LogP contribution in [0.3, 0.4) is 0 Å². The zero-order valence-corrected chi connectivity index (χ0v) is 12.1. The molecule has 0 amide bonds. The quantitative estimate of drug-likeness (QED) is 0.894. The van der Waals surface area contributed by atoms with E-state index in [-0.39, 0.29) is 4.90 Å². The third-order valence-corrected chi connectivity index (χ3v) is 3.72. The highest BCUT2D eigenvalue weighted by Crippen LogP contribution is 2.36. The molecule has 0 spiro atoms. The van der Waals surface area contributed by atoms with Gasteiger partial charge in [-0.05, 0) is 25.5 Å². The van der Waals surface area contributed by atoms with E-state index in [2.05, 4.69) is 0 Å². The molecule has 0 saturated heterocycles. The monoisotopic (exact) mass is 273 g/mol. The van der Waals surface area contributed by atoms with Crippen molar-refractivity contribution < 1.29 is 17.9 Å². The van der Waals surface area contributed by atoms with Crippen LogP contribution in [0.15, 0.2) is 17.0 Å². The van der Waals surface area contributed by atoms with Crippen LogP contribution in [0.2, 0.25) is 0 Å². The molecular weight excluding hydrogens is 254 g/mol. The van der Waals surface area contributed by atoms with Crippen LogP contribution in [0, 0.1) is 0 Å². The van der Waals surface area contributed by atoms with E-state index in [1.165, 1.54) is 20.3 Å². The molecule has 0 unspecified atom stereocenters. The molecule has 0 aliphatic heterocycles. The molecule has 5 nitrogen and oxygen atoms in total. The SMILES string of the molecule is COc1cc(C(C)(C)N)c(S(C)(=O)=O)cc1OC. The Balaban J connectivity index is 3.68. The molecule has 18 heavy (non-hydrogen) atoms. The predicted molar refractivity (Wildman–Crippen MR) is 69.9 cm³/mol. The van der Waals surface area contributed by atoms with Gasteiger partial charge >= 0.3 is 0 Å². The fourth-order valence-corrected chi connectivity index (χ4v) is 2.71. The first-order valence-electron chi connectivity index (χ1n) is 5.36. The van der Waals surface area contributed by atoms with E-state index in [4.69, 9.17) is 15.2 Å². The van der Waals surface area contributed by atoms with Crippen LogP contribution in [0.4, 0.5) is 0 Å². The Hall–Kier alpha value is -1.27. The summed E-state index contributed by atoms with van der Waals surface area (Å²) < 4.78 is 33.9. The van der Waals surface area contributed by atoms with Crippen molar-refractivity contribution in [3.05, 3.63) is 17.7 Å². The average molecular weight is 273 g/mol. The maximum Gasteiger partial charge on any atom is 0.176 e. The standard InChI is InChI=1S/C12H19NO4S/c1-12(2,13)8-6-9(16-3)10(17-4)7-11(8)18(5,14)15/h6-7H,13H2,1-5H3. The zero-order valence-electron chi connectivity index (χ0n) is 11.3. The first-order valence-corrected chi connectivity index (χ1v) is 7.26. The van der Waals surface area contributed by atoms with E-state index in [0.717, 1.165) is 6.26 Å². The van der Waals surface area contributed by atoms with Crippen LogP contribution in [-0.2, 0) is 15.4 Å². The minimum Gasteiger partial charge on any atom is -0.493 e. The molecular formula is C12H19NO4S. The molecule has 0 heterocycles. The van der Waals surface area contributed by atoms with Crippen molar-refractivity contribution in [1.82, 2.24) is 0 Å². The second-order valence-corrected chi connectivity index (χ2v) is 6.68. The minimum atomic E-state index is -3.39. The Morgan fingerprint density at radius 2 is 1.56 bits per heavy atom. The van der Waals surface area contributed by atoms with Crippen molar-refractivity contribution in [1.29, 1.82) is 0 Å². The molecule has 1 rings (SSSR count). The summed E-state index contributed by atoms with van der Waals surface area (Å²) in [7, 11) is -0.443. The topological polar surface area (TPSA) is 78.6 Å². The van der Waals surface area contributed by atoms with E-state index in [1.54, 1.807) is 19.9 Å². The number of benzene rings is 1. The first kappa shape index (κ1) is 14.8. The van der Waals surface area contributed by atoms with Gasteiger partial charge in [-0.3, -0.25) is 0 Å². The molecule has 6 heteroatoms. The highest BCUT2D eigenvalue weighted by molar-refractivity contribution is 7.90. The van der Waals surface area contributed by atoms with E-state index in [1.807, 2.05) is 0 Å². The predicted octanol–water partition coefficient (Wildman–Crippen LogP) is 1.30. The normalized spacial score (nSPS) is 12.3. The fraction of sp³-hybridized carbons (Fsp3) is 0.500. The number of ether oxygens (including phenoxy) is 2. The highest BCUT2D eigenvalue weighted by Gasteiger charge is 2.26. The summed E-state index contributed by atoms with van der Waals surface area (Å²) in [6, 6.07) is 3.05. The molecule has 0 aliphatic carbocycles. The Morgan fingerprint density at radius 3 is 1.89 bits per heavy atom. The number of nitrogens with two attached hydrogens (primary N) is 1. The molecule has 0 bridgehead atoms. The van der Waals surface area contributed by atoms with E-state index in [9.17, 15) is 8.42 Å². The molecule has 0 atom stereocenters. The van der Waals surface area contributed by atoms with Crippen molar-refractivity contribution in [3.63, 3.8) is 0 Å². The summed E-state index contributed by atoms with van der Waals surface area (Å²) >= 11 is 0.